The highest BCUT2D eigenvalue weighted by atomic mass is 32.1. The van der Waals surface area contributed by atoms with Crippen molar-refractivity contribution >= 4 is 28.9 Å². The summed E-state index contributed by atoms with van der Waals surface area (Å²) < 4.78 is 0. The molecule has 25 heavy (non-hydrogen) atoms. The Balaban J connectivity index is 1.49. The van der Waals surface area contributed by atoms with E-state index in [-0.39, 0.29) is 5.91 Å². The molecule has 2 aliphatic heterocycles. The van der Waals surface area contributed by atoms with Crippen LogP contribution in [0.3, 0.4) is 0 Å². The fourth-order valence-corrected chi connectivity index (χ4v) is 4.76. The number of fused-ring (bicyclic) bond motifs is 1. The molecule has 4 rings (SSSR count). The van der Waals surface area contributed by atoms with Crippen LogP contribution in [0.4, 0.5) is 11.6 Å². The maximum absolute atomic E-state index is 12.9. The van der Waals surface area contributed by atoms with Crippen LogP contribution in [0.15, 0.2) is 24.5 Å². The van der Waals surface area contributed by atoms with Gasteiger partial charge in [0.05, 0.1) is 10.6 Å². The zero-order valence-electron chi connectivity index (χ0n) is 14.7. The molecule has 0 atom stereocenters. The first kappa shape index (κ1) is 16.5. The topological polar surface area (TPSA) is 52.6 Å². The van der Waals surface area contributed by atoms with E-state index in [1.165, 1.54) is 4.88 Å². The van der Waals surface area contributed by atoms with Crippen LogP contribution in [-0.2, 0) is 6.42 Å². The normalized spacial score (nSPS) is 18.0. The zero-order valence-corrected chi connectivity index (χ0v) is 15.5. The van der Waals surface area contributed by atoms with E-state index in [1.54, 1.807) is 23.7 Å². The van der Waals surface area contributed by atoms with E-state index in [4.69, 9.17) is 0 Å². The van der Waals surface area contributed by atoms with E-state index in [0.717, 1.165) is 49.5 Å². The van der Waals surface area contributed by atoms with Gasteiger partial charge >= 0.3 is 0 Å². The van der Waals surface area contributed by atoms with Gasteiger partial charge in [0, 0.05) is 49.4 Å². The van der Waals surface area contributed by atoms with Crippen molar-refractivity contribution in [3.63, 3.8) is 0 Å². The van der Waals surface area contributed by atoms with Crippen molar-refractivity contribution in [2.75, 3.05) is 38.6 Å². The molecule has 1 amide bonds. The average Bonchev–Trinajstić information content (AvgIpc) is 3.22. The molecule has 4 heterocycles. The fraction of sp³-hybridized carbons (Fsp3) is 0.500. The summed E-state index contributed by atoms with van der Waals surface area (Å²) in [6.45, 7) is 2.57. The van der Waals surface area contributed by atoms with Gasteiger partial charge in [0.1, 0.15) is 0 Å². The molecule has 2 aromatic heterocycles. The van der Waals surface area contributed by atoms with Gasteiger partial charge in [-0.25, -0.2) is 9.97 Å². The number of hydrogen-bond acceptors (Lipinski definition) is 6. The number of anilines is 2. The van der Waals surface area contributed by atoms with Crippen molar-refractivity contribution in [1.29, 1.82) is 0 Å². The minimum atomic E-state index is 0.172. The molecule has 7 heteroatoms. The van der Waals surface area contributed by atoms with Crippen LogP contribution in [0.1, 0.15) is 27.4 Å². The van der Waals surface area contributed by atoms with Crippen molar-refractivity contribution in [1.82, 2.24) is 19.8 Å². The van der Waals surface area contributed by atoms with Gasteiger partial charge in [-0.1, -0.05) is 0 Å². The third kappa shape index (κ3) is 3.14. The summed E-state index contributed by atoms with van der Waals surface area (Å²) in [4.78, 5) is 30.1. The van der Waals surface area contributed by atoms with Gasteiger partial charge in [-0.05, 0) is 39.1 Å². The first-order valence-corrected chi connectivity index (χ1v) is 9.58. The molecule has 0 radical (unpaired) electrons. The number of hydrogen-bond donors (Lipinski definition) is 0. The van der Waals surface area contributed by atoms with Crippen molar-refractivity contribution in [3.05, 3.63) is 34.3 Å². The average molecular weight is 357 g/mol. The van der Waals surface area contributed by atoms with Gasteiger partial charge in [0.15, 0.2) is 0 Å². The number of likely N-dealkylation sites (tertiary alicyclic amines) is 1. The van der Waals surface area contributed by atoms with Gasteiger partial charge in [-0.3, -0.25) is 4.79 Å². The Morgan fingerprint density at radius 2 is 1.92 bits per heavy atom. The predicted octanol–water partition coefficient (Wildman–Crippen LogP) is 2.40. The van der Waals surface area contributed by atoms with Crippen LogP contribution in [0.5, 0.6) is 0 Å². The zero-order chi connectivity index (χ0) is 17.4. The smallest absolute Gasteiger partial charge is 0.264 e. The highest BCUT2D eigenvalue weighted by molar-refractivity contribution is 7.14. The largest absolute Gasteiger partial charge is 0.338 e. The molecule has 0 aromatic carbocycles. The van der Waals surface area contributed by atoms with Crippen LogP contribution in [0.2, 0.25) is 0 Å². The first-order valence-electron chi connectivity index (χ1n) is 8.76. The number of carbonyl (C=O) groups excluding carboxylic acids is 1. The molecular weight excluding hydrogens is 334 g/mol. The number of carbonyl (C=O) groups is 1. The fourth-order valence-electron chi connectivity index (χ4n) is 3.65. The van der Waals surface area contributed by atoms with Crippen molar-refractivity contribution < 1.29 is 4.79 Å². The lowest BCUT2D eigenvalue weighted by molar-refractivity contribution is 0.0668. The van der Waals surface area contributed by atoms with Gasteiger partial charge in [-0.2, -0.15) is 0 Å². The third-order valence-corrected chi connectivity index (χ3v) is 6.30. The molecule has 132 valence electrons. The molecule has 0 N–H and O–H groups in total. The minimum Gasteiger partial charge on any atom is -0.338 e. The summed E-state index contributed by atoms with van der Waals surface area (Å²) >= 11 is 1.63. The van der Waals surface area contributed by atoms with Crippen LogP contribution < -0.4 is 4.90 Å². The van der Waals surface area contributed by atoms with Crippen molar-refractivity contribution in [2.45, 2.75) is 25.3 Å². The summed E-state index contributed by atoms with van der Waals surface area (Å²) in [6.07, 6.45) is 6.57. The Morgan fingerprint density at radius 3 is 2.60 bits per heavy atom. The molecule has 1 fully saturated rings. The van der Waals surface area contributed by atoms with Gasteiger partial charge < -0.3 is 14.7 Å². The van der Waals surface area contributed by atoms with Gasteiger partial charge in [0.2, 0.25) is 5.95 Å². The predicted molar refractivity (Wildman–Crippen MR) is 99.7 cm³/mol. The number of nitrogens with zero attached hydrogens (tertiary/aromatic N) is 5. The highest BCUT2D eigenvalue weighted by Crippen LogP contribution is 2.39. The van der Waals surface area contributed by atoms with Crippen LogP contribution in [0, 0.1) is 0 Å². The maximum Gasteiger partial charge on any atom is 0.264 e. The number of thiophene rings is 1. The molecule has 0 aliphatic carbocycles. The van der Waals surface area contributed by atoms with Gasteiger partial charge in [0.25, 0.3) is 5.91 Å². The highest BCUT2D eigenvalue weighted by Gasteiger charge is 2.30. The van der Waals surface area contributed by atoms with E-state index >= 15 is 0 Å². The lowest BCUT2D eigenvalue weighted by atomic mass is 10.0. The standard InChI is InChI=1S/C18H23N5OS/c1-21(2)13-4-9-22(10-5-13)17(24)16-12-14-15(25-16)6-11-23(14)18-19-7-3-8-20-18/h3,7-8,12-13H,4-6,9-11H2,1-2H3. The molecule has 0 saturated carbocycles. The quantitative estimate of drug-likeness (QED) is 0.844. The summed E-state index contributed by atoms with van der Waals surface area (Å²) in [5.74, 6) is 0.885. The summed E-state index contributed by atoms with van der Waals surface area (Å²) in [7, 11) is 4.23. The molecule has 0 unspecified atom stereocenters. The Bertz CT molecular complexity index is 752. The monoisotopic (exact) mass is 357 g/mol. The van der Waals surface area contributed by atoms with E-state index in [2.05, 4.69) is 33.9 Å². The van der Waals surface area contributed by atoms with Crippen LogP contribution >= 0.6 is 11.3 Å². The minimum absolute atomic E-state index is 0.172. The van der Waals surface area contributed by atoms with E-state index in [0.29, 0.717) is 12.0 Å². The van der Waals surface area contributed by atoms with Crippen LogP contribution in [0.25, 0.3) is 0 Å². The Hall–Kier alpha value is -1.99. The number of amides is 1. The summed E-state index contributed by atoms with van der Waals surface area (Å²) in [5.41, 5.74) is 1.10. The molecule has 2 aliphatic rings. The molecule has 0 bridgehead atoms. The summed E-state index contributed by atoms with van der Waals surface area (Å²) in [5, 5.41) is 0. The number of piperidine rings is 1. The molecule has 2 aromatic rings. The second-order valence-electron chi connectivity index (χ2n) is 6.86. The lowest BCUT2D eigenvalue weighted by Crippen LogP contribution is -2.44. The molecule has 0 spiro atoms. The van der Waals surface area contributed by atoms with E-state index in [9.17, 15) is 4.79 Å². The SMILES string of the molecule is CN(C)C1CCN(C(=O)c2cc3c(s2)CCN3c2ncccn2)CC1. The van der Waals surface area contributed by atoms with Crippen molar-refractivity contribution in [2.24, 2.45) is 0 Å². The number of aromatic nitrogens is 2. The Morgan fingerprint density at radius 1 is 1.20 bits per heavy atom. The Labute approximate surface area is 152 Å². The second-order valence-corrected chi connectivity index (χ2v) is 7.99. The molecule has 1 saturated heterocycles. The van der Waals surface area contributed by atoms with Crippen molar-refractivity contribution in [3.8, 4) is 0 Å². The third-order valence-electron chi connectivity index (χ3n) is 5.13. The second kappa shape index (κ2) is 6.72. The van der Waals surface area contributed by atoms with E-state index < -0.39 is 0 Å². The Kier molecular flexibility index (Phi) is 4.43. The molecule has 6 nitrogen and oxygen atoms in total. The summed E-state index contributed by atoms with van der Waals surface area (Å²) in [6, 6.07) is 4.44. The lowest BCUT2D eigenvalue weighted by Gasteiger charge is -2.35. The maximum atomic E-state index is 12.9. The molecular formula is C18H23N5OS. The first-order chi connectivity index (χ1) is 12.1. The van der Waals surface area contributed by atoms with Crippen LogP contribution in [-0.4, -0.2) is 65.4 Å². The van der Waals surface area contributed by atoms with E-state index in [1.807, 2.05) is 17.0 Å². The van der Waals surface area contributed by atoms with Gasteiger partial charge in [-0.15, -0.1) is 11.3 Å². The number of rotatable bonds is 3.